The summed E-state index contributed by atoms with van der Waals surface area (Å²) in [7, 11) is 0. The highest BCUT2D eigenvalue weighted by Gasteiger charge is 2.35. The number of ether oxygens (including phenoxy) is 2. The highest BCUT2D eigenvalue weighted by atomic mass is 16.5. The standard InChI is InChI=1S/C18H23NO5/c20-17(21)12-24-15-4-1-3-14(11-15)18(22)19-8-2-5-16(19)13-6-9-23-10-7-13/h1,3-4,11,13,16H,2,5-10,12H2,(H,20,21). The number of nitrogens with zero attached hydrogens (tertiary/aromatic N) is 1. The van der Waals surface area contributed by atoms with E-state index in [0.29, 0.717) is 17.2 Å². The third kappa shape index (κ3) is 3.87. The number of carbonyl (C=O) groups excluding carboxylic acids is 1. The second kappa shape index (κ2) is 7.66. The zero-order valence-corrected chi connectivity index (χ0v) is 13.6. The van der Waals surface area contributed by atoms with Crippen molar-refractivity contribution in [2.24, 2.45) is 5.92 Å². The van der Waals surface area contributed by atoms with E-state index in [1.165, 1.54) is 0 Å². The molecule has 1 atom stereocenters. The second-order valence-electron chi connectivity index (χ2n) is 6.37. The van der Waals surface area contributed by atoms with E-state index >= 15 is 0 Å². The first-order chi connectivity index (χ1) is 11.6. The molecule has 0 aromatic heterocycles. The first-order valence-electron chi connectivity index (χ1n) is 8.48. The fourth-order valence-corrected chi connectivity index (χ4v) is 3.67. The maximum atomic E-state index is 12.9. The average Bonchev–Trinajstić information content (AvgIpc) is 3.10. The molecule has 130 valence electrons. The van der Waals surface area contributed by atoms with Gasteiger partial charge in [-0.1, -0.05) is 6.07 Å². The molecule has 1 unspecified atom stereocenters. The van der Waals surface area contributed by atoms with E-state index in [2.05, 4.69) is 0 Å². The molecule has 2 heterocycles. The maximum absolute atomic E-state index is 12.9. The Bertz CT molecular complexity index is 597. The van der Waals surface area contributed by atoms with Gasteiger partial charge in [-0.2, -0.15) is 0 Å². The second-order valence-corrected chi connectivity index (χ2v) is 6.37. The van der Waals surface area contributed by atoms with Crippen LogP contribution in [0.5, 0.6) is 5.75 Å². The number of hydrogen-bond donors (Lipinski definition) is 1. The first-order valence-corrected chi connectivity index (χ1v) is 8.48. The fourth-order valence-electron chi connectivity index (χ4n) is 3.67. The number of carboxylic acid groups (broad SMARTS) is 1. The molecule has 0 spiro atoms. The van der Waals surface area contributed by atoms with Gasteiger partial charge in [-0.15, -0.1) is 0 Å². The summed E-state index contributed by atoms with van der Waals surface area (Å²) in [6.45, 7) is 1.93. The number of carbonyl (C=O) groups is 2. The quantitative estimate of drug-likeness (QED) is 0.894. The first kappa shape index (κ1) is 16.8. The fraction of sp³-hybridized carbons (Fsp3) is 0.556. The van der Waals surface area contributed by atoms with E-state index in [1.807, 2.05) is 4.90 Å². The normalized spacial score (nSPS) is 21.7. The summed E-state index contributed by atoms with van der Waals surface area (Å²) in [6.07, 6.45) is 4.10. The van der Waals surface area contributed by atoms with E-state index in [0.717, 1.165) is 45.4 Å². The van der Waals surface area contributed by atoms with Gasteiger partial charge in [0.1, 0.15) is 5.75 Å². The van der Waals surface area contributed by atoms with Crippen LogP contribution in [0.4, 0.5) is 0 Å². The molecule has 0 aliphatic carbocycles. The highest BCUT2D eigenvalue weighted by Crippen LogP contribution is 2.31. The maximum Gasteiger partial charge on any atom is 0.341 e. The lowest BCUT2D eigenvalue weighted by Gasteiger charge is -2.34. The predicted molar refractivity (Wildman–Crippen MR) is 87.2 cm³/mol. The van der Waals surface area contributed by atoms with Crippen LogP contribution in [0, 0.1) is 5.92 Å². The molecule has 1 N–H and O–H groups in total. The SMILES string of the molecule is O=C(O)COc1cccc(C(=O)N2CCCC2C2CCOCC2)c1. The molecule has 1 amide bonds. The zero-order valence-electron chi connectivity index (χ0n) is 13.6. The van der Waals surface area contributed by atoms with Gasteiger partial charge in [0, 0.05) is 31.4 Å². The molecular weight excluding hydrogens is 310 g/mol. The van der Waals surface area contributed by atoms with Crippen LogP contribution in [0.15, 0.2) is 24.3 Å². The number of aliphatic carboxylic acids is 1. The van der Waals surface area contributed by atoms with Crippen LogP contribution in [0.25, 0.3) is 0 Å². The van der Waals surface area contributed by atoms with Gasteiger partial charge in [0.25, 0.3) is 5.91 Å². The molecule has 6 nitrogen and oxygen atoms in total. The van der Waals surface area contributed by atoms with Crippen molar-refractivity contribution in [1.29, 1.82) is 0 Å². The number of amides is 1. The molecule has 0 radical (unpaired) electrons. The Morgan fingerprint density at radius 1 is 1.25 bits per heavy atom. The van der Waals surface area contributed by atoms with Crippen molar-refractivity contribution in [1.82, 2.24) is 4.90 Å². The van der Waals surface area contributed by atoms with Crippen LogP contribution in [0.3, 0.4) is 0 Å². The van der Waals surface area contributed by atoms with Gasteiger partial charge in [-0.25, -0.2) is 4.79 Å². The Hall–Kier alpha value is -2.08. The summed E-state index contributed by atoms with van der Waals surface area (Å²) in [5.41, 5.74) is 0.553. The summed E-state index contributed by atoms with van der Waals surface area (Å²) in [5.74, 6) is -0.114. The Morgan fingerprint density at radius 3 is 2.79 bits per heavy atom. The van der Waals surface area contributed by atoms with E-state index in [4.69, 9.17) is 14.6 Å². The van der Waals surface area contributed by atoms with Crippen molar-refractivity contribution in [3.05, 3.63) is 29.8 Å². The van der Waals surface area contributed by atoms with Crippen LogP contribution in [0.2, 0.25) is 0 Å². The minimum Gasteiger partial charge on any atom is -0.482 e. The summed E-state index contributed by atoms with van der Waals surface area (Å²) >= 11 is 0. The molecule has 2 aliphatic heterocycles. The lowest BCUT2D eigenvalue weighted by Crippen LogP contribution is -2.41. The largest absolute Gasteiger partial charge is 0.482 e. The van der Waals surface area contributed by atoms with Gasteiger partial charge >= 0.3 is 5.97 Å². The molecule has 0 saturated carbocycles. The van der Waals surface area contributed by atoms with Crippen molar-refractivity contribution < 1.29 is 24.2 Å². The third-order valence-corrected chi connectivity index (χ3v) is 4.81. The van der Waals surface area contributed by atoms with Crippen molar-refractivity contribution in [3.8, 4) is 5.75 Å². The molecule has 3 rings (SSSR count). The molecule has 0 bridgehead atoms. The predicted octanol–water partition coefficient (Wildman–Crippen LogP) is 2.18. The molecule has 24 heavy (non-hydrogen) atoms. The Balaban J connectivity index is 1.70. The highest BCUT2D eigenvalue weighted by molar-refractivity contribution is 5.95. The van der Waals surface area contributed by atoms with Gasteiger partial charge in [-0.05, 0) is 49.8 Å². The minimum absolute atomic E-state index is 0.00441. The molecular formula is C18H23NO5. The molecule has 2 fully saturated rings. The van der Waals surface area contributed by atoms with Crippen LogP contribution in [-0.4, -0.2) is 54.3 Å². The van der Waals surface area contributed by atoms with Crippen molar-refractivity contribution in [2.45, 2.75) is 31.7 Å². The summed E-state index contributed by atoms with van der Waals surface area (Å²) < 4.78 is 10.6. The average molecular weight is 333 g/mol. The van der Waals surface area contributed by atoms with Crippen LogP contribution >= 0.6 is 0 Å². The van der Waals surface area contributed by atoms with E-state index in [-0.39, 0.29) is 11.9 Å². The van der Waals surface area contributed by atoms with E-state index in [9.17, 15) is 9.59 Å². The summed E-state index contributed by atoms with van der Waals surface area (Å²) in [6, 6.07) is 7.06. The molecule has 2 saturated heterocycles. The lowest BCUT2D eigenvalue weighted by molar-refractivity contribution is -0.139. The Kier molecular flexibility index (Phi) is 5.35. The van der Waals surface area contributed by atoms with Crippen molar-refractivity contribution >= 4 is 11.9 Å². The van der Waals surface area contributed by atoms with Gasteiger partial charge in [0.15, 0.2) is 6.61 Å². The van der Waals surface area contributed by atoms with Gasteiger partial charge in [0.2, 0.25) is 0 Å². The zero-order chi connectivity index (χ0) is 16.9. The van der Waals surface area contributed by atoms with E-state index in [1.54, 1.807) is 24.3 Å². The van der Waals surface area contributed by atoms with Crippen molar-refractivity contribution in [3.63, 3.8) is 0 Å². The minimum atomic E-state index is -1.04. The topological polar surface area (TPSA) is 76.1 Å². The van der Waals surface area contributed by atoms with Crippen LogP contribution in [-0.2, 0) is 9.53 Å². The number of likely N-dealkylation sites (tertiary alicyclic amines) is 1. The van der Waals surface area contributed by atoms with Gasteiger partial charge < -0.3 is 19.5 Å². The summed E-state index contributed by atoms with van der Waals surface area (Å²) in [5, 5.41) is 8.69. The molecule has 6 heteroatoms. The Labute approximate surface area is 141 Å². The number of rotatable bonds is 5. The lowest BCUT2D eigenvalue weighted by atomic mass is 9.90. The smallest absolute Gasteiger partial charge is 0.341 e. The molecule has 2 aliphatic rings. The monoisotopic (exact) mass is 333 g/mol. The number of carboxylic acids is 1. The number of benzene rings is 1. The summed E-state index contributed by atoms with van der Waals surface area (Å²) in [4.78, 5) is 25.5. The molecule has 1 aromatic carbocycles. The van der Waals surface area contributed by atoms with Crippen LogP contribution in [0.1, 0.15) is 36.0 Å². The van der Waals surface area contributed by atoms with Crippen LogP contribution < -0.4 is 4.74 Å². The van der Waals surface area contributed by atoms with Gasteiger partial charge in [-0.3, -0.25) is 4.79 Å². The Morgan fingerprint density at radius 2 is 2.04 bits per heavy atom. The third-order valence-electron chi connectivity index (χ3n) is 4.81. The van der Waals surface area contributed by atoms with E-state index < -0.39 is 12.6 Å². The number of hydrogen-bond acceptors (Lipinski definition) is 4. The van der Waals surface area contributed by atoms with Gasteiger partial charge in [0.05, 0.1) is 0 Å². The van der Waals surface area contributed by atoms with Crippen molar-refractivity contribution in [2.75, 3.05) is 26.4 Å². The molecule has 1 aromatic rings.